The van der Waals surface area contributed by atoms with Crippen LogP contribution in [0.2, 0.25) is 0 Å². The van der Waals surface area contributed by atoms with Gasteiger partial charge in [-0.15, -0.1) is 11.3 Å². The highest BCUT2D eigenvalue weighted by Gasteiger charge is 2.10. The van der Waals surface area contributed by atoms with Gasteiger partial charge in [0.25, 0.3) is 0 Å². The van der Waals surface area contributed by atoms with Gasteiger partial charge >= 0.3 is 0 Å². The zero-order valence-corrected chi connectivity index (χ0v) is 10.4. The van der Waals surface area contributed by atoms with Crippen molar-refractivity contribution < 1.29 is 0 Å². The van der Waals surface area contributed by atoms with Crippen molar-refractivity contribution in [1.29, 1.82) is 0 Å². The molecule has 1 aliphatic rings. The van der Waals surface area contributed by atoms with E-state index in [2.05, 4.69) is 37.3 Å². The van der Waals surface area contributed by atoms with E-state index in [0.29, 0.717) is 0 Å². The minimum absolute atomic E-state index is 1.27. The fraction of sp³-hybridized carbons (Fsp3) is 0.333. The second kappa shape index (κ2) is 4.06. The van der Waals surface area contributed by atoms with E-state index in [9.17, 15) is 0 Å². The van der Waals surface area contributed by atoms with Crippen LogP contribution in [0.4, 0.5) is 0 Å². The van der Waals surface area contributed by atoms with E-state index in [-0.39, 0.29) is 0 Å². The predicted molar refractivity (Wildman–Crippen MR) is 71.1 cm³/mol. The van der Waals surface area contributed by atoms with E-state index in [4.69, 9.17) is 0 Å². The van der Waals surface area contributed by atoms with Crippen LogP contribution in [0.15, 0.2) is 30.3 Å². The van der Waals surface area contributed by atoms with E-state index in [1.54, 1.807) is 11.1 Å². The molecule has 0 N–H and O–H groups in total. The van der Waals surface area contributed by atoms with Gasteiger partial charge in [0.05, 0.1) is 0 Å². The highest BCUT2D eigenvalue weighted by atomic mass is 32.1. The SMILES string of the molecule is Cc1ccc(-c2ccc3c(c2)CCCC3)s1. The van der Waals surface area contributed by atoms with Crippen LogP contribution in [-0.2, 0) is 12.8 Å². The number of aryl methyl sites for hydroxylation is 3. The van der Waals surface area contributed by atoms with Crippen molar-refractivity contribution in [2.45, 2.75) is 32.6 Å². The van der Waals surface area contributed by atoms with Gasteiger partial charge in [0.15, 0.2) is 0 Å². The highest BCUT2D eigenvalue weighted by molar-refractivity contribution is 7.15. The predicted octanol–water partition coefficient (Wildman–Crippen LogP) is 4.60. The van der Waals surface area contributed by atoms with Gasteiger partial charge in [-0.3, -0.25) is 0 Å². The quantitative estimate of drug-likeness (QED) is 0.669. The van der Waals surface area contributed by atoms with Gasteiger partial charge in [0.2, 0.25) is 0 Å². The molecule has 0 saturated heterocycles. The topological polar surface area (TPSA) is 0 Å². The molecule has 1 aliphatic carbocycles. The van der Waals surface area contributed by atoms with Crippen molar-refractivity contribution in [2.24, 2.45) is 0 Å². The Morgan fingerprint density at radius 2 is 1.75 bits per heavy atom. The molecule has 82 valence electrons. The number of rotatable bonds is 1. The van der Waals surface area contributed by atoms with Gasteiger partial charge in [-0.1, -0.05) is 18.2 Å². The Morgan fingerprint density at radius 3 is 2.50 bits per heavy atom. The smallest absolute Gasteiger partial charge is 0.0345 e. The fourth-order valence-electron chi connectivity index (χ4n) is 2.48. The molecule has 0 amide bonds. The highest BCUT2D eigenvalue weighted by Crippen LogP contribution is 2.31. The van der Waals surface area contributed by atoms with Crippen molar-refractivity contribution in [1.82, 2.24) is 0 Å². The molecular formula is C15H16S. The Morgan fingerprint density at radius 1 is 0.938 bits per heavy atom. The summed E-state index contributed by atoms with van der Waals surface area (Å²) in [5, 5.41) is 0. The van der Waals surface area contributed by atoms with Gasteiger partial charge in [-0.25, -0.2) is 0 Å². The minimum Gasteiger partial charge on any atom is -0.141 e. The van der Waals surface area contributed by atoms with Gasteiger partial charge in [-0.2, -0.15) is 0 Å². The lowest BCUT2D eigenvalue weighted by atomic mass is 9.90. The Labute approximate surface area is 101 Å². The fourth-order valence-corrected chi connectivity index (χ4v) is 3.34. The van der Waals surface area contributed by atoms with E-state index in [0.717, 1.165) is 0 Å². The van der Waals surface area contributed by atoms with Gasteiger partial charge in [-0.05, 0) is 61.4 Å². The lowest BCUT2D eigenvalue weighted by Gasteiger charge is -2.16. The molecule has 0 fully saturated rings. The summed E-state index contributed by atoms with van der Waals surface area (Å²) in [6, 6.07) is 11.5. The van der Waals surface area contributed by atoms with Crippen molar-refractivity contribution in [3.05, 3.63) is 46.3 Å². The molecule has 0 unspecified atom stereocenters. The Balaban J connectivity index is 2.02. The lowest BCUT2D eigenvalue weighted by molar-refractivity contribution is 0.686. The number of benzene rings is 1. The third-order valence-electron chi connectivity index (χ3n) is 3.37. The van der Waals surface area contributed by atoms with Gasteiger partial charge in [0, 0.05) is 9.75 Å². The van der Waals surface area contributed by atoms with Crippen LogP contribution in [0.3, 0.4) is 0 Å². The summed E-state index contributed by atoms with van der Waals surface area (Å²) >= 11 is 1.89. The molecule has 0 spiro atoms. The third-order valence-corrected chi connectivity index (χ3v) is 4.42. The first-order valence-corrected chi connectivity index (χ1v) is 6.83. The summed E-state index contributed by atoms with van der Waals surface area (Å²) in [7, 11) is 0. The molecule has 3 rings (SSSR count). The number of thiophene rings is 1. The van der Waals surface area contributed by atoms with Crippen LogP contribution < -0.4 is 0 Å². The monoisotopic (exact) mass is 228 g/mol. The zero-order valence-electron chi connectivity index (χ0n) is 9.62. The molecular weight excluding hydrogens is 212 g/mol. The first-order chi connectivity index (χ1) is 7.83. The van der Waals surface area contributed by atoms with Crippen LogP contribution in [0, 0.1) is 6.92 Å². The third kappa shape index (κ3) is 1.80. The van der Waals surface area contributed by atoms with Gasteiger partial charge < -0.3 is 0 Å². The molecule has 0 aliphatic heterocycles. The Hall–Kier alpha value is -1.08. The number of hydrogen-bond donors (Lipinski definition) is 0. The van der Waals surface area contributed by atoms with E-state index in [1.807, 2.05) is 11.3 Å². The standard InChI is InChI=1S/C15H16S/c1-11-6-9-15(16-11)14-8-7-12-4-2-3-5-13(12)10-14/h6-10H,2-5H2,1H3. The maximum Gasteiger partial charge on any atom is 0.0345 e. The molecule has 16 heavy (non-hydrogen) atoms. The first kappa shape index (κ1) is 10.1. The summed E-state index contributed by atoms with van der Waals surface area (Å²) in [6.07, 6.45) is 5.27. The summed E-state index contributed by atoms with van der Waals surface area (Å²) < 4.78 is 0. The first-order valence-electron chi connectivity index (χ1n) is 6.01. The molecule has 1 aromatic carbocycles. The lowest BCUT2D eigenvalue weighted by Crippen LogP contribution is -2.01. The molecule has 0 atom stereocenters. The van der Waals surface area contributed by atoms with E-state index >= 15 is 0 Å². The molecule has 0 bridgehead atoms. The largest absolute Gasteiger partial charge is 0.141 e. The average molecular weight is 228 g/mol. The van der Waals surface area contributed by atoms with Crippen LogP contribution in [0.5, 0.6) is 0 Å². The van der Waals surface area contributed by atoms with E-state index in [1.165, 1.54) is 41.0 Å². The van der Waals surface area contributed by atoms with Crippen molar-refractivity contribution in [2.75, 3.05) is 0 Å². The van der Waals surface area contributed by atoms with Crippen LogP contribution in [-0.4, -0.2) is 0 Å². The minimum atomic E-state index is 1.27. The summed E-state index contributed by atoms with van der Waals surface area (Å²) in [4.78, 5) is 2.80. The maximum absolute atomic E-state index is 2.40. The molecule has 0 radical (unpaired) electrons. The van der Waals surface area contributed by atoms with Crippen molar-refractivity contribution in [3.8, 4) is 10.4 Å². The van der Waals surface area contributed by atoms with Crippen LogP contribution in [0.25, 0.3) is 10.4 Å². The van der Waals surface area contributed by atoms with Gasteiger partial charge in [0.1, 0.15) is 0 Å². The zero-order chi connectivity index (χ0) is 11.0. The number of fused-ring (bicyclic) bond motifs is 1. The molecule has 0 nitrogen and oxygen atoms in total. The summed E-state index contributed by atoms with van der Waals surface area (Å²) in [5.74, 6) is 0. The summed E-state index contributed by atoms with van der Waals surface area (Å²) in [6.45, 7) is 2.17. The molecule has 1 aromatic heterocycles. The molecule has 0 saturated carbocycles. The van der Waals surface area contributed by atoms with Crippen molar-refractivity contribution in [3.63, 3.8) is 0 Å². The van der Waals surface area contributed by atoms with Crippen LogP contribution >= 0.6 is 11.3 Å². The second-order valence-corrected chi connectivity index (χ2v) is 5.89. The van der Waals surface area contributed by atoms with Crippen molar-refractivity contribution >= 4 is 11.3 Å². The Bertz CT molecular complexity index is 508. The Kier molecular flexibility index (Phi) is 2.56. The normalized spacial score (nSPS) is 14.8. The molecule has 1 heterocycles. The maximum atomic E-state index is 2.40. The molecule has 1 heteroatoms. The van der Waals surface area contributed by atoms with Crippen LogP contribution in [0.1, 0.15) is 28.8 Å². The number of hydrogen-bond acceptors (Lipinski definition) is 1. The van der Waals surface area contributed by atoms with E-state index < -0.39 is 0 Å². The summed E-state index contributed by atoms with van der Waals surface area (Å²) in [5.41, 5.74) is 4.55. The second-order valence-electron chi connectivity index (χ2n) is 4.60. The molecule has 2 aromatic rings. The average Bonchev–Trinajstić information content (AvgIpc) is 2.75.